The van der Waals surface area contributed by atoms with Crippen LogP contribution in [0.5, 0.6) is 5.75 Å². The van der Waals surface area contributed by atoms with Crippen molar-refractivity contribution < 1.29 is 23.2 Å². The highest BCUT2D eigenvalue weighted by Gasteiger charge is 2.31. The molecule has 0 bridgehead atoms. The van der Waals surface area contributed by atoms with Crippen molar-refractivity contribution in [1.82, 2.24) is 4.98 Å². The van der Waals surface area contributed by atoms with E-state index in [4.69, 9.17) is 11.6 Å². The van der Waals surface area contributed by atoms with Gasteiger partial charge in [-0.25, -0.2) is 13.8 Å². The smallest absolute Gasteiger partial charge is 0.300 e. The molecule has 0 atom stereocenters. The zero-order chi connectivity index (χ0) is 13.2. The number of pyridine rings is 1. The summed E-state index contributed by atoms with van der Waals surface area (Å²) < 4.78 is 30.0. The third-order valence-electron chi connectivity index (χ3n) is 1.86. The minimum absolute atomic E-state index is 0.541. The van der Waals surface area contributed by atoms with Crippen LogP contribution in [-0.2, 0) is 0 Å². The van der Waals surface area contributed by atoms with Crippen molar-refractivity contribution in [2.75, 3.05) is 7.11 Å². The Hall–Kier alpha value is -1.83. The zero-order valence-corrected chi connectivity index (χ0v) is 9.07. The van der Waals surface area contributed by atoms with Crippen molar-refractivity contribution in [1.29, 1.82) is 0 Å². The Balaban J connectivity index is 3.61. The molecule has 1 heterocycles. The van der Waals surface area contributed by atoms with E-state index in [-0.39, 0.29) is 0 Å². The predicted octanol–water partition coefficient (Wildman–Crippen LogP) is 2.32. The summed E-state index contributed by atoms with van der Waals surface area (Å²) >= 11 is 5.10. The van der Waals surface area contributed by atoms with E-state index in [9.17, 15) is 23.7 Å². The van der Waals surface area contributed by atoms with Crippen molar-refractivity contribution in [3.63, 3.8) is 0 Å². The Labute approximate surface area is 98.3 Å². The largest absolute Gasteiger partial charge is 0.494 e. The standard InChI is InChI=1S/C8H5ClF2N2O4/c1-17-6-4(8(10)11)3(13(15)16)2-12-5(6)7(9)14/h2,8H,1H3. The lowest BCUT2D eigenvalue weighted by Crippen LogP contribution is -2.07. The van der Waals surface area contributed by atoms with Gasteiger partial charge in [0.15, 0.2) is 11.4 Å². The van der Waals surface area contributed by atoms with Crippen LogP contribution in [0.15, 0.2) is 6.20 Å². The predicted molar refractivity (Wildman–Crippen MR) is 52.6 cm³/mol. The molecule has 0 saturated heterocycles. The summed E-state index contributed by atoms with van der Waals surface area (Å²) in [5.74, 6) is -0.686. The number of aromatic nitrogens is 1. The van der Waals surface area contributed by atoms with Crippen LogP contribution in [0.4, 0.5) is 14.5 Å². The second-order valence-corrected chi connectivity index (χ2v) is 3.11. The maximum atomic E-state index is 12.7. The van der Waals surface area contributed by atoms with Crippen LogP contribution in [0.2, 0.25) is 0 Å². The first-order valence-corrected chi connectivity index (χ1v) is 4.47. The van der Waals surface area contributed by atoms with E-state index in [1.165, 1.54) is 0 Å². The van der Waals surface area contributed by atoms with Crippen LogP contribution in [0.3, 0.4) is 0 Å². The average Bonchev–Trinajstić information content (AvgIpc) is 2.26. The molecular weight excluding hydrogens is 262 g/mol. The van der Waals surface area contributed by atoms with E-state index < -0.39 is 39.3 Å². The Morgan fingerprint density at radius 2 is 2.24 bits per heavy atom. The normalized spacial score (nSPS) is 10.4. The molecular formula is C8H5ClF2N2O4. The van der Waals surface area contributed by atoms with Gasteiger partial charge in [-0.3, -0.25) is 14.9 Å². The van der Waals surface area contributed by atoms with Gasteiger partial charge < -0.3 is 4.74 Å². The van der Waals surface area contributed by atoms with Crippen LogP contribution >= 0.6 is 11.6 Å². The molecule has 0 saturated carbocycles. The highest BCUT2D eigenvalue weighted by molar-refractivity contribution is 6.67. The summed E-state index contributed by atoms with van der Waals surface area (Å²) in [7, 11) is 0.982. The van der Waals surface area contributed by atoms with Gasteiger partial charge in [-0.15, -0.1) is 0 Å². The molecule has 6 nitrogen and oxygen atoms in total. The third kappa shape index (κ3) is 2.47. The van der Waals surface area contributed by atoms with Crippen molar-refractivity contribution in [2.24, 2.45) is 0 Å². The van der Waals surface area contributed by atoms with E-state index in [1.807, 2.05) is 0 Å². The van der Waals surface area contributed by atoms with Gasteiger partial charge in [0, 0.05) is 0 Å². The van der Waals surface area contributed by atoms with Crippen molar-refractivity contribution in [3.8, 4) is 5.75 Å². The van der Waals surface area contributed by atoms with Crippen molar-refractivity contribution in [3.05, 3.63) is 27.6 Å². The molecule has 0 fully saturated rings. The van der Waals surface area contributed by atoms with Gasteiger partial charge in [0.1, 0.15) is 11.8 Å². The number of carbonyl (C=O) groups is 1. The molecule has 1 aromatic rings. The summed E-state index contributed by atoms with van der Waals surface area (Å²) in [6.07, 6.45) is -2.65. The SMILES string of the molecule is COc1c(C(=O)Cl)ncc([N+](=O)[O-])c1C(F)F. The van der Waals surface area contributed by atoms with Crippen LogP contribution in [0.25, 0.3) is 0 Å². The topological polar surface area (TPSA) is 82.3 Å². The van der Waals surface area contributed by atoms with Crippen LogP contribution in [0.1, 0.15) is 22.5 Å². The van der Waals surface area contributed by atoms with Crippen molar-refractivity contribution >= 4 is 22.5 Å². The van der Waals surface area contributed by atoms with Gasteiger partial charge in [-0.1, -0.05) is 0 Å². The summed E-state index contributed by atoms with van der Waals surface area (Å²) in [6.45, 7) is 0. The third-order valence-corrected chi connectivity index (χ3v) is 2.04. The zero-order valence-electron chi connectivity index (χ0n) is 8.32. The van der Waals surface area contributed by atoms with E-state index in [1.54, 1.807) is 0 Å². The summed E-state index contributed by atoms with van der Waals surface area (Å²) in [4.78, 5) is 23.7. The lowest BCUT2D eigenvalue weighted by atomic mass is 10.1. The molecule has 0 aromatic carbocycles. The fourth-order valence-corrected chi connectivity index (χ4v) is 1.34. The van der Waals surface area contributed by atoms with Gasteiger partial charge in [0.25, 0.3) is 17.4 Å². The minimum atomic E-state index is -3.19. The Kier molecular flexibility index (Phi) is 3.89. The molecule has 0 amide bonds. The lowest BCUT2D eigenvalue weighted by molar-refractivity contribution is -0.386. The first-order valence-electron chi connectivity index (χ1n) is 4.09. The van der Waals surface area contributed by atoms with Crippen molar-refractivity contribution in [2.45, 2.75) is 6.43 Å². The van der Waals surface area contributed by atoms with Crippen LogP contribution in [-0.4, -0.2) is 22.3 Å². The molecule has 9 heteroatoms. The molecule has 0 aliphatic heterocycles. The molecule has 0 spiro atoms. The number of carbonyl (C=O) groups excluding carboxylic acids is 1. The highest BCUT2D eigenvalue weighted by atomic mass is 35.5. The Morgan fingerprint density at radius 3 is 2.59 bits per heavy atom. The molecule has 17 heavy (non-hydrogen) atoms. The molecule has 0 aliphatic carbocycles. The molecule has 0 aliphatic rings. The molecule has 0 radical (unpaired) electrons. The number of rotatable bonds is 4. The van der Waals surface area contributed by atoms with Crippen LogP contribution < -0.4 is 4.74 Å². The molecule has 0 unspecified atom stereocenters. The van der Waals surface area contributed by atoms with Gasteiger partial charge >= 0.3 is 0 Å². The highest BCUT2D eigenvalue weighted by Crippen LogP contribution is 2.38. The molecule has 92 valence electrons. The first kappa shape index (κ1) is 13.2. The monoisotopic (exact) mass is 266 g/mol. The number of hydrogen-bond donors (Lipinski definition) is 0. The quantitative estimate of drug-likeness (QED) is 0.474. The van der Waals surface area contributed by atoms with Gasteiger partial charge in [0.05, 0.1) is 12.0 Å². The number of alkyl halides is 2. The van der Waals surface area contributed by atoms with E-state index in [0.717, 1.165) is 7.11 Å². The Bertz CT molecular complexity index is 481. The summed E-state index contributed by atoms with van der Waals surface area (Å²) in [5.41, 5.74) is -2.54. The molecule has 1 aromatic heterocycles. The van der Waals surface area contributed by atoms with E-state index in [2.05, 4.69) is 9.72 Å². The number of nitrogens with zero attached hydrogens (tertiary/aromatic N) is 2. The second-order valence-electron chi connectivity index (χ2n) is 2.77. The number of methoxy groups -OCH3 is 1. The van der Waals surface area contributed by atoms with Gasteiger partial charge in [0.2, 0.25) is 0 Å². The minimum Gasteiger partial charge on any atom is -0.494 e. The number of hydrogen-bond acceptors (Lipinski definition) is 5. The maximum absolute atomic E-state index is 12.7. The average molecular weight is 267 g/mol. The lowest BCUT2D eigenvalue weighted by Gasteiger charge is -2.09. The van der Waals surface area contributed by atoms with Gasteiger partial charge in [-0.05, 0) is 11.6 Å². The van der Waals surface area contributed by atoms with E-state index >= 15 is 0 Å². The van der Waals surface area contributed by atoms with Crippen LogP contribution in [0, 0.1) is 10.1 Å². The Morgan fingerprint density at radius 1 is 1.65 bits per heavy atom. The first-order chi connectivity index (χ1) is 7.90. The second kappa shape index (κ2) is 5.00. The number of ether oxygens (including phenoxy) is 1. The number of halogens is 3. The van der Waals surface area contributed by atoms with Gasteiger partial charge in [-0.2, -0.15) is 0 Å². The number of nitro groups is 1. The van der Waals surface area contributed by atoms with E-state index in [0.29, 0.717) is 6.20 Å². The maximum Gasteiger partial charge on any atom is 0.300 e. The summed E-state index contributed by atoms with van der Waals surface area (Å²) in [6, 6.07) is 0. The molecule has 0 N–H and O–H groups in total. The summed E-state index contributed by atoms with van der Waals surface area (Å²) in [5, 5.41) is 9.39. The fraction of sp³-hybridized carbons (Fsp3) is 0.250. The fourth-order valence-electron chi connectivity index (χ4n) is 1.20. The molecule has 1 rings (SSSR count).